The van der Waals surface area contributed by atoms with Gasteiger partial charge in [-0.2, -0.15) is 0 Å². The molecule has 0 radical (unpaired) electrons. The Morgan fingerprint density at radius 3 is 1.55 bits per heavy atom. The first kappa shape index (κ1) is 36.3. The van der Waals surface area contributed by atoms with E-state index in [-0.39, 0.29) is 0 Å². The summed E-state index contributed by atoms with van der Waals surface area (Å²) in [5, 5.41) is 2.56. The number of anilines is 2. The van der Waals surface area contributed by atoms with Crippen LogP contribution in [-0.4, -0.2) is 0 Å². The maximum atomic E-state index is 2.46. The number of allylic oxidation sites excluding steroid dienone is 4. The van der Waals surface area contributed by atoms with Crippen LogP contribution in [-0.2, 0) is 0 Å². The van der Waals surface area contributed by atoms with Crippen molar-refractivity contribution >= 4 is 22.1 Å². The summed E-state index contributed by atoms with van der Waals surface area (Å²) in [6.45, 7) is 6.38. The first-order valence-electron chi connectivity index (χ1n) is 19.6. The summed E-state index contributed by atoms with van der Waals surface area (Å²) < 4.78 is 0. The lowest BCUT2D eigenvalue weighted by Crippen LogP contribution is -2.14. The highest BCUT2D eigenvalue weighted by Crippen LogP contribution is 2.51. The van der Waals surface area contributed by atoms with Gasteiger partial charge in [0.2, 0.25) is 0 Å². The number of rotatable bonds is 4. The normalized spacial score (nSPS) is 13.7. The predicted molar refractivity (Wildman–Crippen MR) is 241 cm³/mol. The van der Waals surface area contributed by atoms with Crippen molar-refractivity contribution < 1.29 is 0 Å². The molecule has 272 valence electrons. The zero-order chi connectivity index (χ0) is 38.3. The van der Waals surface area contributed by atoms with Gasteiger partial charge in [0.25, 0.3) is 0 Å². The third-order valence-electron chi connectivity index (χ3n) is 10.7. The van der Waals surface area contributed by atoms with Crippen LogP contribution >= 0.6 is 0 Å². The third kappa shape index (κ3) is 7.90. The molecule has 0 saturated heterocycles. The van der Waals surface area contributed by atoms with Crippen LogP contribution in [0.2, 0.25) is 0 Å². The van der Waals surface area contributed by atoms with Gasteiger partial charge >= 0.3 is 0 Å². The number of aryl methyl sites for hydroxylation is 3. The van der Waals surface area contributed by atoms with Gasteiger partial charge in [0.05, 0.1) is 5.69 Å². The van der Waals surface area contributed by atoms with Crippen LogP contribution in [0, 0.1) is 20.8 Å². The molecular weight excluding hydrogens is 675 g/mol. The van der Waals surface area contributed by atoms with E-state index in [1.807, 2.05) is 36.4 Å². The fourth-order valence-electron chi connectivity index (χ4n) is 7.94. The van der Waals surface area contributed by atoms with E-state index < -0.39 is 0 Å². The molecule has 0 amide bonds. The number of benzene rings is 8. The second-order valence-electron chi connectivity index (χ2n) is 14.7. The van der Waals surface area contributed by atoms with Crippen LogP contribution in [0.15, 0.2) is 218 Å². The SMILES string of the molecule is Cc1cc(-c2ccc3c(c2)N(c2ccccc2)C2=CC=CCC23)cc(-c2ccc(-c3ccccc3)c3ccccc23)c1.Cc1ccccc1.Cc1ccccc1. The van der Waals surface area contributed by atoms with Gasteiger partial charge in [-0.15, -0.1) is 0 Å². The van der Waals surface area contributed by atoms with Gasteiger partial charge < -0.3 is 4.90 Å². The Bertz CT molecular complexity index is 2580. The molecule has 0 spiro atoms. The quantitative estimate of drug-likeness (QED) is 0.175. The number of para-hydroxylation sites is 1. The smallest absolute Gasteiger partial charge is 0.0503 e. The lowest BCUT2D eigenvalue weighted by atomic mass is 9.89. The van der Waals surface area contributed by atoms with Crippen LogP contribution in [0.5, 0.6) is 0 Å². The Hall–Kier alpha value is -6.70. The molecule has 56 heavy (non-hydrogen) atoms. The summed E-state index contributed by atoms with van der Waals surface area (Å²) in [6.07, 6.45) is 7.83. The van der Waals surface area contributed by atoms with Crippen LogP contribution in [0.25, 0.3) is 44.2 Å². The monoisotopic (exact) mass is 721 g/mol. The summed E-state index contributed by atoms with van der Waals surface area (Å²) in [4.78, 5) is 2.46. The number of hydrogen-bond donors (Lipinski definition) is 0. The summed E-state index contributed by atoms with van der Waals surface area (Å²) in [6, 6.07) is 69.5. The third-order valence-corrected chi connectivity index (χ3v) is 10.7. The minimum absolute atomic E-state index is 0.404. The van der Waals surface area contributed by atoms with Gasteiger partial charge in [-0.05, 0) is 113 Å². The maximum absolute atomic E-state index is 2.46. The molecule has 0 N–H and O–H groups in total. The van der Waals surface area contributed by atoms with Crippen molar-refractivity contribution in [1.29, 1.82) is 0 Å². The molecule has 1 unspecified atom stereocenters. The second-order valence-corrected chi connectivity index (χ2v) is 14.7. The fraction of sp³-hybridized carbons (Fsp3) is 0.0909. The van der Waals surface area contributed by atoms with Crippen molar-refractivity contribution in [2.45, 2.75) is 33.1 Å². The van der Waals surface area contributed by atoms with E-state index in [1.54, 1.807) is 0 Å². The maximum Gasteiger partial charge on any atom is 0.0503 e. The van der Waals surface area contributed by atoms with E-state index in [0.717, 1.165) is 6.42 Å². The Morgan fingerprint density at radius 1 is 0.429 bits per heavy atom. The van der Waals surface area contributed by atoms with E-state index in [9.17, 15) is 0 Å². The highest BCUT2D eigenvalue weighted by atomic mass is 15.2. The topological polar surface area (TPSA) is 3.24 Å². The minimum atomic E-state index is 0.404. The molecule has 1 heterocycles. The van der Waals surface area contributed by atoms with Gasteiger partial charge in [0.1, 0.15) is 0 Å². The molecule has 8 aromatic rings. The lowest BCUT2D eigenvalue weighted by molar-refractivity contribution is 0.819. The number of hydrogen-bond acceptors (Lipinski definition) is 1. The van der Waals surface area contributed by atoms with Crippen LogP contribution in [0.1, 0.15) is 34.6 Å². The largest absolute Gasteiger partial charge is 0.313 e. The van der Waals surface area contributed by atoms with Crippen molar-refractivity contribution in [3.63, 3.8) is 0 Å². The Balaban J connectivity index is 0.000000265. The first-order valence-corrected chi connectivity index (χ1v) is 19.6. The average Bonchev–Trinajstić information content (AvgIpc) is 3.58. The molecule has 1 heteroatoms. The molecule has 1 atom stereocenters. The average molecular weight is 722 g/mol. The summed E-state index contributed by atoms with van der Waals surface area (Å²) in [7, 11) is 0. The first-order chi connectivity index (χ1) is 27.5. The molecule has 0 fully saturated rings. The minimum Gasteiger partial charge on any atom is -0.313 e. The Morgan fingerprint density at radius 2 is 0.964 bits per heavy atom. The van der Waals surface area contributed by atoms with E-state index in [1.165, 1.54) is 83.5 Å². The van der Waals surface area contributed by atoms with Crippen molar-refractivity contribution in [2.24, 2.45) is 0 Å². The molecule has 0 aromatic heterocycles. The van der Waals surface area contributed by atoms with Gasteiger partial charge in [-0.1, -0.05) is 193 Å². The molecule has 8 aromatic carbocycles. The summed E-state index contributed by atoms with van der Waals surface area (Å²) in [5.74, 6) is 0.404. The van der Waals surface area contributed by atoms with Crippen molar-refractivity contribution in [3.05, 3.63) is 240 Å². The molecule has 0 saturated carbocycles. The standard InChI is InChI=1S/C41H31N.2C7H8/c1-28-24-31(26-32(25-28)35-23-22-34(29-12-4-2-5-13-29)36-16-8-9-17-37(35)36)30-20-21-39-38-18-10-11-19-40(38)42(41(39)27-30)33-14-6-3-7-15-33;2*1-7-5-3-2-4-6-7/h2-17,19-27,38H,18H2,1H3;2*2-6H,1H3. The van der Waals surface area contributed by atoms with Crippen LogP contribution < -0.4 is 4.90 Å². The summed E-state index contributed by atoms with van der Waals surface area (Å²) >= 11 is 0. The molecule has 2 aliphatic rings. The van der Waals surface area contributed by atoms with Crippen LogP contribution in [0.3, 0.4) is 0 Å². The molecular formula is C55H47N. The molecule has 1 nitrogen and oxygen atoms in total. The van der Waals surface area contributed by atoms with Crippen molar-refractivity contribution in [3.8, 4) is 33.4 Å². The molecule has 1 aliphatic heterocycles. The van der Waals surface area contributed by atoms with Gasteiger partial charge in [-0.3, -0.25) is 0 Å². The van der Waals surface area contributed by atoms with Crippen molar-refractivity contribution in [1.82, 2.24) is 0 Å². The van der Waals surface area contributed by atoms with Crippen LogP contribution in [0.4, 0.5) is 11.4 Å². The summed E-state index contributed by atoms with van der Waals surface area (Å²) in [5.41, 5.74) is 16.7. The number of nitrogens with zero attached hydrogens (tertiary/aromatic N) is 1. The van der Waals surface area contributed by atoms with Gasteiger partial charge in [-0.25, -0.2) is 0 Å². The van der Waals surface area contributed by atoms with Gasteiger partial charge in [0.15, 0.2) is 0 Å². The van der Waals surface area contributed by atoms with Gasteiger partial charge in [0, 0.05) is 17.3 Å². The lowest BCUT2D eigenvalue weighted by Gasteiger charge is -2.24. The van der Waals surface area contributed by atoms with E-state index in [2.05, 4.69) is 202 Å². The highest BCUT2D eigenvalue weighted by Gasteiger charge is 2.35. The Kier molecular flexibility index (Phi) is 10.9. The highest BCUT2D eigenvalue weighted by molar-refractivity contribution is 6.05. The Labute approximate surface area is 332 Å². The number of fused-ring (bicyclic) bond motifs is 4. The van der Waals surface area contributed by atoms with E-state index in [0.29, 0.717) is 5.92 Å². The van der Waals surface area contributed by atoms with E-state index in [4.69, 9.17) is 0 Å². The predicted octanol–water partition coefficient (Wildman–Crippen LogP) is 15.2. The van der Waals surface area contributed by atoms with E-state index >= 15 is 0 Å². The fourth-order valence-corrected chi connectivity index (χ4v) is 7.94. The zero-order valence-corrected chi connectivity index (χ0v) is 32.4. The molecule has 10 rings (SSSR count). The van der Waals surface area contributed by atoms with Crippen molar-refractivity contribution in [2.75, 3.05) is 4.90 Å². The molecule has 0 bridgehead atoms. The zero-order valence-electron chi connectivity index (χ0n) is 32.4. The molecule has 1 aliphatic carbocycles. The second kappa shape index (κ2) is 16.8.